The van der Waals surface area contributed by atoms with Gasteiger partial charge in [0.15, 0.2) is 11.5 Å². The number of halogens is 3. The van der Waals surface area contributed by atoms with Crippen LogP contribution in [-0.4, -0.2) is 69.3 Å². The molecule has 0 saturated carbocycles. The van der Waals surface area contributed by atoms with Crippen molar-refractivity contribution in [3.05, 3.63) is 23.5 Å². The summed E-state index contributed by atoms with van der Waals surface area (Å²) in [5, 5.41) is 3.42. The van der Waals surface area contributed by atoms with Crippen molar-refractivity contribution >= 4 is 24.8 Å². The highest BCUT2D eigenvalue weighted by Crippen LogP contribution is 2.30. The van der Waals surface area contributed by atoms with Crippen LogP contribution in [0, 0.1) is 5.82 Å². The number of ether oxygens (including phenoxy) is 2. The summed E-state index contributed by atoms with van der Waals surface area (Å²) in [5.74, 6) is 0.789. The molecular weight excluding hydrogens is 368 g/mol. The summed E-state index contributed by atoms with van der Waals surface area (Å²) in [7, 11) is 3.10. The van der Waals surface area contributed by atoms with Crippen molar-refractivity contribution in [1.29, 1.82) is 0 Å². The van der Waals surface area contributed by atoms with Gasteiger partial charge in [-0.2, -0.15) is 0 Å². The maximum absolute atomic E-state index is 14.2. The largest absolute Gasteiger partial charge is 0.493 e. The van der Waals surface area contributed by atoms with Crippen LogP contribution in [0.25, 0.3) is 0 Å². The molecule has 0 spiro atoms. The zero-order valence-electron chi connectivity index (χ0n) is 14.8. The van der Waals surface area contributed by atoms with E-state index in [0.29, 0.717) is 29.6 Å². The second kappa shape index (κ2) is 10.4. The summed E-state index contributed by atoms with van der Waals surface area (Å²) in [6.07, 6.45) is 1.24. The smallest absolute Gasteiger partial charge is 0.163 e. The Morgan fingerprint density at radius 1 is 1.08 bits per heavy atom. The summed E-state index contributed by atoms with van der Waals surface area (Å²) in [4.78, 5) is 4.87. The van der Waals surface area contributed by atoms with E-state index >= 15 is 0 Å². The normalized spacial score (nSPS) is 21.3. The molecule has 2 aliphatic heterocycles. The van der Waals surface area contributed by atoms with Crippen LogP contribution in [0.5, 0.6) is 11.5 Å². The van der Waals surface area contributed by atoms with Gasteiger partial charge in [0.25, 0.3) is 0 Å². The molecule has 5 nitrogen and oxygen atoms in total. The van der Waals surface area contributed by atoms with Crippen molar-refractivity contribution in [3.8, 4) is 11.5 Å². The predicted molar refractivity (Wildman–Crippen MR) is 102 cm³/mol. The number of methoxy groups -OCH3 is 2. The number of piperazine rings is 1. The van der Waals surface area contributed by atoms with Crippen molar-refractivity contribution in [2.45, 2.75) is 19.0 Å². The minimum atomic E-state index is -0.231. The summed E-state index contributed by atoms with van der Waals surface area (Å²) in [6, 6.07) is 3.84. The van der Waals surface area contributed by atoms with E-state index in [0.717, 1.165) is 39.3 Å². The Hall–Kier alpha value is -0.790. The molecule has 1 atom stereocenters. The van der Waals surface area contributed by atoms with E-state index in [2.05, 4.69) is 15.1 Å². The molecule has 1 unspecified atom stereocenters. The summed E-state index contributed by atoms with van der Waals surface area (Å²) in [5.41, 5.74) is 0.665. The number of hydrogen-bond acceptors (Lipinski definition) is 5. The van der Waals surface area contributed by atoms with Crippen LogP contribution in [0.4, 0.5) is 4.39 Å². The predicted octanol–water partition coefficient (Wildman–Crippen LogP) is 2.17. The Morgan fingerprint density at radius 3 is 2.28 bits per heavy atom. The van der Waals surface area contributed by atoms with E-state index in [9.17, 15) is 4.39 Å². The van der Waals surface area contributed by atoms with Gasteiger partial charge in [0.1, 0.15) is 5.82 Å². The van der Waals surface area contributed by atoms with Gasteiger partial charge < -0.3 is 14.8 Å². The van der Waals surface area contributed by atoms with Gasteiger partial charge in [-0.1, -0.05) is 0 Å². The molecule has 1 N–H and O–H groups in total. The van der Waals surface area contributed by atoms with Gasteiger partial charge >= 0.3 is 0 Å². The molecule has 2 saturated heterocycles. The number of nitrogens with zero attached hydrogens (tertiary/aromatic N) is 2. The van der Waals surface area contributed by atoms with Crippen LogP contribution in [-0.2, 0) is 6.54 Å². The number of hydrogen-bond donors (Lipinski definition) is 1. The molecule has 3 rings (SSSR count). The van der Waals surface area contributed by atoms with Crippen LogP contribution in [0.2, 0.25) is 0 Å². The lowest BCUT2D eigenvalue weighted by Gasteiger charge is -2.37. The number of nitrogens with one attached hydrogen (secondary N) is 1. The fraction of sp³-hybridized carbons (Fsp3) is 0.647. The van der Waals surface area contributed by atoms with Crippen molar-refractivity contribution in [2.75, 3.05) is 53.5 Å². The highest BCUT2D eigenvalue weighted by atomic mass is 35.5. The van der Waals surface area contributed by atoms with Gasteiger partial charge in [0, 0.05) is 56.9 Å². The first-order chi connectivity index (χ1) is 11.2. The van der Waals surface area contributed by atoms with Gasteiger partial charge in [-0.25, -0.2) is 4.39 Å². The first-order valence-electron chi connectivity index (χ1n) is 8.28. The molecule has 0 aromatic heterocycles. The second-order valence-corrected chi connectivity index (χ2v) is 6.26. The van der Waals surface area contributed by atoms with Gasteiger partial charge in [-0.3, -0.25) is 9.80 Å². The standard InChI is InChI=1S/C17H26FN3O2.2ClH/c1-22-16-9-13(15(18)10-17(16)23-2)12-20-5-7-21(8-6-20)14-3-4-19-11-14;;/h9-10,14,19H,3-8,11-12H2,1-2H3;2*1H. The Bertz CT molecular complexity index is 537. The molecular formula is C17H28Cl2FN3O2. The first-order valence-corrected chi connectivity index (χ1v) is 8.28. The molecule has 144 valence electrons. The maximum atomic E-state index is 14.2. The van der Waals surface area contributed by atoms with E-state index in [4.69, 9.17) is 9.47 Å². The van der Waals surface area contributed by atoms with Crippen LogP contribution in [0.1, 0.15) is 12.0 Å². The van der Waals surface area contributed by atoms with Gasteiger partial charge in [-0.15, -0.1) is 24.8 Å². The maximum Gasteiger partial charge on any atom is 0.163 e. The van der Waals surface area contributed by atoms with Gasteiger partial charge in [0.2, 0.25) is 0 Å². The Balaban J connectivity index is 0.00000156. The van der Waals surface area contributed by atoms with E-state index in [1.165, 1.54) is 19.6 Å². The molecule has 0 radical (unpaired) electrons. The van der Waals surface area contributed by atoms with Crippen LogP contribution in [0.15, 0.2) is 12.1 Å². The quantitative estimate of drug-likeness (QED) is 0.826. The minimum absolute atomic E-state index is 0. The fourth-order valence-corrected chi connectivity index (χ4v) is 3.50. The monoisotopic (exact) mass is 395 g/mol. The molecule has 0 bridgehead atoms. The average Bonchev–Trinajstić information content (AvgIpc) is 3.11. The Morgan fingerprint density at radius 2 is 1.72 bits per heavy atom. The fourth-order valence-electron chi connectivity index (χ4n) is 3.50. The van der Waals surface area contributed by atoms with Gasteiger partial charge in [0.05, 0.1) is 14.2 Å². The lowest BCUT2D eigenvalue weighted by atomic mass is 10.1. The van der Waals surface area contributed by atoms with Gasteiger partial charge in [-0.05, 0) is 19.0 Å². The highest BCUT2D eigenvalue weighted by molar-refractivity contribution is 5.85. The number of benzene rings is 1. The van der Waals surface area contributed by atoms with E-state index in [1.54, 1.807) is 13.2 Å². The highest BCUT2D eigenvalue weighted by Gasteiger charge is 2.26. The molecule has 0 aliphatic carbocycles. The molecule has 2 fully saturated rings. The minimum Gasteiger partial charge on any atom is -0.493 e. The summed E-state index contributed by atoms with van der Waals surface area (Å²) < 4.78 is 24.7. The zero-order chi connectivity index (χ0) is 16.2. The lowest BCUT2D eigenvalue weighted by molar-refractivity contribution is 0.0973. The SMILES string of the molecule is COc1cc(F)c(CN2CCN(C3CCNC3)CC2)cc1OC.Cl.Cl. The van der Waals surface area contributed by atoms with Crippen LogP contribution < -0.4 is 14.8 Å². The Kier molecular flexibility index (Phi) is 9.24. The van der Waals surface area contributed by atoms with Crippen LogP contribution in [0.3, 0.4) is 0 Å². The van der Waals surface area contributed by atoms with Crippen molar-refractivity contribution in [3.63, 3.8) is 0 Å². The third-order valence-corrected chi connectivity index (χ3v) is 4.90. The van der Waals surface area contributed by atoms with Crippen molar-refractivity contribution < 1.29 is 13.9 Å². The molecule has 2 aliphatic rings. The van der Waals surface area contributed by atoms with Crippen molar-refractivity contribution in [1.82, 2.24) is 15.1 Å². The molecule has 2 heterocycles. The average molecular weight is 396 g/mol. The second-order valence-electron chi connectivity index (χ2n) is 6.26. The summed E-state index contributed by atoms with van der Waals surface area (Å²) in [6.45, 7) is 6.91. The van der Waals surface area contributed by atoms with E-state index < -0.39 is 0 Å². The first kappa shape index (κ1) is 22.3. The number of rotatable bonds is 5. The molecule has 25 heavy (non-hydrogen) atoms. The van der Waals surface area contributed by atoms with Crippen LogP contribution >= 0.6 is 24.8 Å². The van der Waals surface area contributed by atoms with E-state index in [1.807, 2.05) is 0 Å². The zero-order valence-corrected chi connectivity index (χ0v) is 16.4. The lowest BCUT2D eigenvalue weighted by Crippen LogP contribution is -2.50. The van der Waals surface area contributed by atoms with E-state index in [-0.39, 0.29) is 30.6 Å². The molecule has 1 aromatic rings. The molecule has 8 heteroatoms. The Labute approximate surface area is 161 Å². The third kappa shape index (κ3) is 5.34. The van der Waals surface area contributed by atoms with Crippen molar-refractivity contribution in [2.24, 2.45) is 0 Å². The topological polar surface area (TPSA) is 37.0 Å². The molecule has 1 aromatic carbocycles. The molecule has 0 amide bonds. The third-order valence-electron chi connectivity index (χ3n) is 4.90. The summed E-state index contributed by atoms with van der Waals surface area (Å²) >= 11 is 0.